The van der Waals surface area contributed by atoms with E-state index in [0.717, 1.165) is 11.1 Å². The minimum atomic E-state index is -3.22. The molecule has 0 fully saturated rings. The first-order valence-electron chi connectivity index (χ1n) is 7.25. The van der Waals surface area contributed by atoms with Crippen molar-refractivity contribution in [3.63, 3.8) is 0 Å². The van der Waals surface area contributed by atoms with Gasteiger partial charge in [-0.25, -0.2) is 13.4 Å². The standard InChI is InChI=1S/C16H15N3O3S3/c1-25(21,22)13-6-4-11(5-7-13)18-16-19-14(10-24-16)15(20)17-9-12-3-2-8-23-12/h2-8,10H,9H2,1H3,(H,17,20)(H,18,19). The lowest BCUT2D eigenvalue weighted by atomic mass is 10.3. The van der Waals surface area contributed by atoms with Crippen LogP contribution in [0.1, 0.15) is 15.4 Å². The molecule has 130 valence electrons. The van der Waals surface area contributed by atoms with E-state index in [1.165, 1.54) is 23.5 Å². The number of nitrogens with one attached hydrogen (secondary N) is 2. The molecule has 1 aromatic carbocycles. The average molecular weight is 394 g/mol. The van der Waals surface area contributed by atoms with E-state index in [9.17, 15) is 13.2 Å². The number of rotatable bonds is 6. The Morgan fingerprint density at radius 2 is 1.92 bits per heavy atom. The molecule has 0 saturated carbocycles. The molecule has 0 spiro atoms. The van der Waals surface area contributed by atoms with Crippen LogP contribution in [0.25, 0.3) is 0 Å². The Balaban J connectivity index is 1.62. The zero-order valence-corrected chi connectivity index (χ0v) is 15.7. The van der Waals surface area contributed by atoms with Gasteiger partial charge in [-0.2, -0.15) is 0 Å². The van der Waals surface area contributed by atoms with Crippen LogP contribution in [0.15, 0.2) is 52.1 Å². The molecule has 2 aromatic heterocycles. The van der Waals surface area contributed by atoms with E-state index in [-0.39, 0.29) is 10.8 Å². The van der Waals surface area contributed by atoms with Crippen molar-refractivity contribution in [2.45, 2.75) is 11.4 Å². The zero-order valence-electron chi connectivity index (χ0n) is 13.2. The van der Waals surface area contributed by atoms with Crippen molar-refractivity contribution >= 4 is 49.2 Å². The van der Waals surface area contributed by atoms with Crippen LogP contribution in [0.5, 0.6) is 0 Å². The Hall–Kier alpha value is -2.23. The number of carbonyl (C=O) groups is 1. The molecule has 0 aliphatic heterocycles. The van der Waals surface area contributed by atoms with Crippen LogP contribution in [-0.2, 0) is 16.4 Å². The predicted octanol–water partition coefficient (Wildman–Crippen LogP) is 3.28. The summed E-state index contributed by atoms with van der Waals surface area (Å²) in [6.07, 6.45) is 1.16. The Labute approximate surface area is 153 Å². The van der Waals surface area contributed by atoms with Gasteiger partial charge in [0.25, 0.3) is 5.91 Å². The monoisotopic (exact) mass is 393 g/mol. The molecule has 25 heavy (non-hydrogen) atoms. The summed E-state index contributed by atoms with van der Waals surface area (Å²) in [7, 11) is -3.22. The predicted molar refractivity (Wildman–Crippen MR) is 100 cm³/mol. The number of benzene rings is 1. The summed E-state index contributed by atoms with van der Waals surface area (Å²) in [4.78, 5) is 17.7. The summed E-state index contributed by atoms with van der Waals surface area (Å²) in [5, 5.41) is 10.1. The van der Waals surface area contributed by atoms with Gasteiger partial charge in [-0.3, -0.25) is 4.79 Å². The third kappa shape index (κ3) is 4.65. The molecule has 0 saturated heterocycles. The molecule has 2 N–H and O–H groups in total. The van der Waals surface area contributed by atoms with Crippen LogP contribution in [0, 0.1) is 0 Å². The lowest BCUT2D eigenvalue weighted by Gasteiger charge is -2.04. The molecule has 0 bridgehead atoms. The van der Waals surface area contributed by atoms with Crippen molar-refractivity contribution in [3.8, 4) is 0 Å². The molecule has 6 nitrogen and oxygen atoms in total. The number of nitrogens with zero attached hydrogens (tertiary/aromatic N) is 1. The lowest BCUT2D eigenvalue weighted by molar-refractivity contribution is 0.0947. The van der Waals surface area contributed by atoms with E-state index < -0.39 is 9.84 Å². The highest BCUT2D eigenvalue weighted by Crippen LogP contribution is 2.22. The van der Waals surface area contributed by atoms with Gasteiger partial charge in [-0.15, -0.1) is 22.7 Å². The topological polar surface area (TPSA) is 88.2 Å². The summed E-state index contributed by atoms with van der Waals surface area (Å²) in [6, 6.07) is 10.3. The summed E-state index contributed by atoms with van der Waals surface area (Å²) in [5.74, 6) is -0.231. The summed E-state index contributed by atoms with van der Waals surface area (Å²) < 4.78 is 22.9. The molecular weight excluding hydrogens is 378 g/mol. The minimum absolute atomic E-state index is 0.231. The number of carbonyl (C=O) groups excluding carboxylic acids is 1. The number of thiazole rings is 1. The van der Waals surface area contributed by atoms with Crippen LogP contribution in [0.4, 0.5) is 10.8 Å². The first kappa shape index (κ1) is 17.6. The second-order valence-electron chi connectivity index (χ2n) is 5.22. The van der Waals surface area contributed by atoms with Crippen molar-refractivity contribution in [1.29, 1.82) is 0 Å². The van der Waals surface area contributed by atoms with Crippen LogP contribution >= 0.6 is 22.7 Å². The highest BCUT2D eigenvalue weighted by Gasteiger charge is 2.11. The fourth-order valence-corrected chi connectivity index (χ4v) is 4.00. The van der Waals surface area contributed by atoms with Gasteiger partial charge in [0, 0.05) is 22.2 Å². The fraction of sp³-hybridized carbons (Fsp3) is 0.125. The van der Waals surface area contributed by atoms with Crippen molar-refractivity contribution in [1.82, 2.24) is 10.3 Å². The first-order chi connectivity index (χ1) is 11.9. The molecule has 1 amide bonds. The summed E-state index contributed by atoms with van der Waals surface area (Å²) >= 11 is 2.89. The zero-order chi connectivity index (χ0) is 17.9. The van der Waals surface area contributed by atoms with Crippen LogP contribution in [-0.4, -0.2) is 25.6 Å². The number of amides is 1. The lowest BCUT2D eigenvalue weighted by Crippen LogP contribution is -2.22. The van der Waals surface area contributed by atoms with E-state index in [1.54, 1.807) is 28.8 Å². The van der Waals surface area contributed by atoms with Gasteiger partial charge in [0.1, 0.15) is 5.69 Å². The Kier molecular flexibility index (Phi) is 5.16. The number of hydrogen-bond donors (Lipinski definition) is 2. The minimum Gasteiger partial charge on any atom is -0.346 e. The molecule has 2 heterocycles. The van der Waals surface area contributed by atoms with E-state index in [4.69, 9.17) is 0 Å². The van der Waals surface area contributed by atoms with Crippen molar-refractivity contribution < 1.29 is 13.2 Å². The number of thiophene rings is 1. The molecule has 0 atom stereocenters. The maximum Gasteiger partial charge on any atom is 0.271 e. The van der Waals surface area contributed by atoms with Crippen LogP contribution in [0.3, 0.4) is 0 Å². The summed E-state index contributed by atoms with van der Waals surface area (Å²) in [6.45, 7) is 0.476. The van der Waals surface area contributed by atoms with E-state index in [0.29, 0.717) is 23.1 Å². The molecule has 0 unspecified atom stereocenters. The van der Waals surface area contributed by atoms with Gasteiger partial charge >= 0.3 is 0 Å². The van der Waals surface area contributed by atoms with Gasteiger partial charge in [0.2, 0.25) is 0 Å². The Morgan fingerprint density at radius 3 is 2.56 bits per heavy atom. The number of sulfone groups is 1. The van der Waals surface area contributed by atoms with Crippen molar-refractivity contribution in [2.24, 2.45) is 0 Å². The fourth-order valence-electron chi connectivity index (χ4n) is 2.02. The molecule has 3 aromatic rings. The highest BCUT2D eigenvalue weighted by atomic mass is 32.2. The third-order valence-electron chi connectivity index (χ3n) is 3.27. The second-order valence-corrected chi connectivity index (χ2v) is 9.13. The maximum absolute atomic E-state index is 12.1. The van der Waals surface area contributed by atoms with E-state index in [2.05, 4.69) is 15.6 Å². The van der Waals surface area contributed by atoms with Gasteiger partial charge in [0.15, 0.2) is 15.0 Å². The van der Waals surface area contributed by atoms with Crippen LogP contribution < -0.4 is 10.6 Å². The Morgan fingerprint density at radius 1 is 1.16 bits per heavy atom. The second kappa shape index (κ2) is 7.34. The smallest absolute Gasteiger partial charge is 0.271 e. The molecule has 3 rings (SSSR count). The SMILES string of the molecule is CS(=O)(=O)c1ccc(Nc2nc(C(=O)NCc3cccs3)cs2)cc1. The largest absolute Gasteiger partial charge is 0.346 e. The highest BCUT2D eigenvalue weighted by molar-refractivity contribution is 7.90. The van der Waals surface area contributed by atoms with Gasteiger partial charge in [-0.05, 0) is 35.7 Å². The summed E-state index contributed by atoms with van der Waals surface area (Å²) in [5.41, 5.74) is 1.05. The van der Waals surface area contributed by atoms with Crippen molar-refractivity contribution in [3.05, 3.63) is 57.7 Å². The number of hydrogen-bond acceptors (Lipinski definition) is 7. The quantitative estimate of drug-likeness (QED) is 0.671. The number of aromatic nitrogens is 1. The maximum atomic E-state index is 12.1. The molecule has 0 aliphatic carbocycles. The molecular formula is C16H15N3O3S3. The normalized spacial score (nSPS) is 11.2. The molecule has 0 aliphatic rings. The van der Waals surface area contributed by atoms with Crippen LogP contribution in [0.2, 0.25) is 0 Å². The first-order valence-corrected chi connectivity index (χ1v) is 10.9. The molecule has 9 heteroatoms. The molecule has 0 radical (unpaired) electrons. The third-order valence-corrected chi connectivity index (χ3v) is 6.04. The number of anilines is 2. The average Bonchev–Trinajstić information content (AvgIpc) is 3.24. The van der Waals surface area contributed by atoms with E-state index in [1.807, 2.05) is 17.5 Å². The van der Waals surface area contributed by atoms with Gasteiger partial charge in [0.05, 0.1) is 11.4 Å². The van der Waals surface area contributed by atoms with Gasteiger partial charge < -0.3 is 10.6 Å². The van der Waals surface area contributed by atoms with Gasteiger partial charge in [-0.1, -0.05) is 6.07 Å². The van der Waals surface area contributed by atoms with Crippen molar-refractivity contribution in [2.75, 3.05) is 11.6 Å². The van der Waals surface area contributed by atoms with E-state index >= 15 is 0 Å². The Bertz CT molecular complexity index is 962.